The molecule has 150 valence electrons. The zero-order valence-corrected chi connectivity index (χ0v) is 16.5. The van der Waals surface area contributed by atoms with Crippen LogP contribution in [-0.4, -0.2) is 44.2 Å². The number of amides is 1. The molecule has 0 unspecified atom stereocenters. The lowest BCUT2D eigenvalue weighted by molar-refractivity contribution is 0.0895. The van der Waals surface area contributed by atoms with E-state index in [1.54, 1.807) is 24.4 Å². The van der Waals surface area contributed by atoms with Crippen LogP contribution >= 0.6 is 0 Å². The number of imidazole rings is 1. The third-order valence-corrected chi connectivity index (χ3v) is 5.59. The summed E-state index contributed by atoms with van der Waals surface area (Å²) >= 11 is 0. The second-order valence-corrected chi connectivity index (χ2v) is 8.18. The van der Waals surface area contributed by atoms with Gasteiger partial charge in [-0.25, -0.2) is 19.3 Å². The molecule has 2 aliphatic rings. The number of fused-ring (bicyclic) bond motifs is 2. The number of hydrogen-bond acceptors (Lipinski definition) is 6. The third kappa shape index (κ3) is 2.68. The zero-order valence-electron chi connectivity index (χ0n) is 16.5. The molecule has 0 spiro atoms. The molecule has 2 N–H and O–H groups in total. The van der Waals surface area contributed by atoms with Gasteiger partial charge in [-0.15, -0.1) is 0 Å². The molecule has 9 heteroatoms. The Morgan fingerprint density at radius 1 is 1.24 bits per heavy atom. The van der Waals surface area contributed by atoms with Crippen LogP contribution in [0.4, 0.5) is 5.82 Å². The van der Waals surface area contributed by atoms with E-state index in [4.69, 9.17) is 9.72 Å². The van der Waals surface area contributed by atoms with Crippen molar-refractivity contribution in [2.24, 2.45) is 5.92 Å². The van der Waals surface area contributed by atoms with E-state index in [9.17, 15) is 9.59 Å². The van der Waals surface area contributed by atoms with Crippen molar-refractivity contribution < 1.29 is 9.53 Å². The fraction of sp³-hybridized carbons (Fsp3) is 0.400. The van der Waals surface area contributed by atoms with E-state index in [1.165, 1.54) is 4.57 Å². The molecule has 1 atom stereocenters. The maximum Gasteiger partial charge on any atom is 0.333 e. The molecule has 0 saturated heterocycles. The molecule has 0 aliphatic carbocycles. The number of aromatic nitrogens is 4. The van der Waals surface area contributed by atoms with Gasteiger partial charge in [0, 0.05) is 18.8 Å². The van der Waals surface area contributed by atoms with Crippen molar-refractivity contribution in [1.29, 1.82) is 0 Å². The van der Waals surface area contributed by atoms with Crippen molar-refractivity contribution in [2.75, 3.05) is 18.1 Å². The molecule has 29 heavy (non-hydrogen) atoms. The number of nitrogens with zero attached hydrogens (tertiary/aromatic N) is 4. The van der Waals surface area contributed by atoms with Crippen LogP contribution in [0.2, 0.25) is 0 Å². The number of hydrogen-bond donors (Lipinski definition) is 2. The van der Waals surface area contributed by atoms with E-state index in [-0.39, 0.29) is 17.5 Å². The predicted octanol–water partition coefficient (Wildman–Crippen LogP) is 1.81. The summed E-state index contributed by atoms with van der Waals surface area (Å²) in [5.74, 6) is 1.67. The fourth-order valence-corrected chi connectivity index (χ4v) is 4.01. The van der Waals surface area contributed by atoms with Crippen molar-refractivity contribution >= 4 is 22.9 Å². The lowest BCUT2D eigenvalue weighted by atomic mass is 10.0. The summed E-state index contributed by atoms with van der Waals surface area (Å²) in [5.41, 5.74) is 0.529. The highest BCUT2D eigenvalue weighted by atomic mass is 16.5. The van der Waals surface area contributed by atoms with E-state index in [0.717, 1.165) is 6.42 Å². The lowest BCUT2D eigenvalue weighted by Crippen LogP contribution is -2.61. The Morgan fingerprint density at radius 3 is 2.90 bits per heavy atom. The number of carbonyl (C=O) groups is 1. The summed E-state index contributed by atoms with van der Waals surface area (Å²) in [6, 6.07) is 5.15. The highest BCUT2D eigenvalue weighted by molar-refractivity contribution is 6.01. The Bertz CT molecular complexity index is 1190. The molecule has 9 nitrogen and oxygen atoms in total. The van der Waals surface area contributed by atoms with Crippen molar-refractivity contribution in [3.8, 4) is 11.6 Å². The maximum absolute atomic E-state index is 12.8. The fourth-order valence-electron chi connectivity index (χ4n) is 4.01. The van der Waals surface area contributed by atoms with Gasteiger partial charge in [-0.05, 0) is 38.3 Å². The van der Waals surface area contributed by atoms with Crippen LogP contribution in [0.15, 0.2) is 29.2 Å². The van der Waals surface area contributed by atoms with Crippen LogP contribution in [-0.2, 0) is 0 Å². The average molecular weight is 394 g/mol. The predicted molar refractivity (Wildman–Crippen MR) is 108 cm³/mol. The maximum atomic E-state index is 12.8. The Labute approximate surface area is 166 Å². The second kappa shape index (κ2) is 6.07. The number of carbonyl (C=O) groups excluding carboxylic acids is 1. The van der Waals surface area contributed by atoms with Gasteiger partial charge in [0.1, 0.15) is 28.6 Å². The first-order chi connectivity index (χ1) is 13.8. The minimum absolute atomic E-state index is 0.169. The smallest absolute Gasteiger partial charge is 0.333 e. The summed E-state index contributed by atoms with van der Waals surface area (Å²) in [4.78, 5) is 39.3. The first-order valence-corrected chi connectivity index (χ1v) is 9.69. The summed E-state index contributed by atoms with van der Waals surface area (Å²) in [6.07, 6.45) is 2.47. The Kier molecular flexibility index (Phi) is 3.71. The van der Waals surface area contributed by atoms with Gasteiger partial charge >= 0.3 is 5.69 Å². The van der Waals surface area contributed by atoms with Crippen LogP contribution in [0.25, 0.3) is 17.0 Å². The Hall–Kier alpha value is -3.36. The molecule has 5 heterocycles. The van der Waals surface area contributed by atoms with Gasteiger partial charge in [0.05, 0.1) is 12.2 Å². The topological polar surface area (TPSA) is 105 Å². The summed E-state index contributed by atoms with van der Waals surface area (Å²) < 4.78 is 7.53. The van der Waals surface area contributed by atoms with Crippen LogP contribution in [0.3, 0.4) is 0 Å². The third-order valence-electron chi connectivity index (χ3n) is 5.59. The van der Waals surface area contributed by atoms with Crippen molar-refractivity contribution in [2.45, 2.75) is 32.9 Å². The van der Waals surface area contributed by atoms with Crippen molar-refractivity contribution in [3.63, 3.8) is 0 Å². The van der Waals surface area contributed by atoms with Crippen LogP contribution in [0.1, 0.15) is 37.6 Å². The number of aromatic amines is 1. The lowest BCUT2D eigenvalue weighted by Gasteiger charge is -2.44. The molecule has 0 saturated carbocycles. The molecule has 0 radical (unpaired) electrons. The minimum atomic E-state index is -0.599. The minimum Gasteiger partial charge on any atom is -0.491 e. The number of ether oxygens (including phenoxy) is 1. The van der Waals surface area contributed by atoms with Gasteiger partial charge in [-0.1, -0.05) is 6.92 Å². The van der Waals surface area contributed by atoms with E-state index in [0.29, 0.717) is 47.3 Å². The highest BCUT2D eigenvalue weighted by Gasteiger charge is 2.38. The van der Waals surface area contributed by atoms with Crippen LogP contribution in [0.5, 0.6) is 5.75 Å². The van der Waals surface area contributed by atoms with Crippen LogP contribution < -0.4 is 20.6 Å². The van der Waals surface area contributed by atoms with Gasteiger partial charge < -0.3 is 15.0 Å². The molecule has 2 aliphatic heterocycles. The van der Waals surface area contributed by atoms with Gasteiger partial charge in [-0.2, -0.15) is 0 Å². The van der Waals surface area contributed by atoms with E-state index in [2.05, 4.69) is 27.1 Å². The van der Waals surface area contributed by atoms with Gasteiger partial charge in [0.15, 0.2) is 5.65 Å². The van der Waals surface area contributed by atoms with Gasteiger partial charge in [0.25, 0.3) is 5.91 Å². The highest BCUT2D eigenvalue weighted by Crippen LogP contribution is 2.33. The average Bonchev–Trinajstić information content (AvgIpc) is 3.00. The number of H-pyrrole nitrogens is 1. The number of nitrogens with one attached hydrogen (secondary N) is 2. The molecule has 3 aromatic heterocycles. The number of anilines is 1. The monoisotopic (exact) mass is 394 g/mol. The van der Waals surface area contributed by atoms with Crippen LogP contribution in [0, 0.1) is 5.92 Å². The van der Waals surface area contributed by atoms with Crippen molar-refractivity contribution in [3.05, 3.63) is 40.4 Å². The van der Waals surface area contributed by atoms with Gasteiger partial charge in [0.2, 0.25) is 0 Å². The number of rotatable bonds is 0. The molecular weight excluding hydrogens is 372 g/mol. The summed E-state index contributed by atoms with van der Waals surface area (Å²) in [7, 11) is 0. The molecule has 0 fully saturated rings. The summed E-state index contributed by atoms with van der Waals surface area (Å²) in [6.45, 7) is 7.23. The normalized spacial score (nSPS) is 20.4. The SMILES string of the molecule is C[C@@H]1CCN2c3nc(ccc3C(=O)NC2(C)C)-n2c(=O)[nH]c3nccc(c32)OC1. The van der Waals surface area contributed by atoms with E-state index >= 15 is 0 Å². The van der Waals surface area contributed by atoms with Gasteiger partial charge in [-0.3, -0.25) is 9.78 Å². The Morgan fingerprint density at radius 2 is 2.07 bits per heavy atom. The van der Waals surface area contributed by atoms with E-state index in [1.807, 2.05) is 13.8 Å². The summed E-state index contributed by atoms with van der Waals surface area (Å²) in [5, 5.41) is 3.04. The van der Waals surface area contributed by atoms with E-state index < -0.39 is 5.66 Å². The quantitative estimate of drug-likeness (QED) is 0.603. The van der Waals surface area contributed by atoms with Crippen molar-refractivity contribution in [1.82, 2.24) is 24.8 Å². The first kappa shape index (κ1) is 17.7. The standard InChI is InChI=1S/C20H22N6O3/c1-11-7-9-25-17-12(18(27)24-20(25,2)3)4-5-14(22-17)26-15-13(29-10-11)6-8-21-16(15)23-19(26)28/h4-6,8,11H,7,9-10H2,1-3H3,(H,24,27)(H,21,23,28)/t11-/m1/s1. The number of pyridine rings is 2. The molecule has 2 bridgehead atoms. The molecular formula is C20H22N6O3. The molecule has 3 aromatic rings. The Balaban J connectivity index is 1.82. The molecule has 5 rings (SSSR count). The zero-order chi connectivity index (χ0) is 20.3. The first-order valence-electron chi connectivity index (χ1n) is 9.69. The largest absolute Gasteiger partial charge is 0.491 e. The second-order valence-electron chi connectivity index (χ2n) is 8.18. The molecule has 1 amide bonds. The molecule has 0 aromatic carbocycles.